The highest BCUT2D eigenvalue weighted by Crippen LogP contribution is 2.42. The summed E-state index contributed by atoms with van der Waals surface area (Å²) in [7, 11) is 0. The Morgan fingerprint density at radius 2 is 2.13 bits per heavy atom. The van der Waals surface area contributed by atoms with E-state index in [2.05, 4.69) is 18.2 Å². The third-order valence-corrected chi connectivity index (χ3v) is 3.80. The van der Waals surface area contributed by atoms with Crippen LogP contribution in [0.1, 0.15) is 37.2 Å². The molecule has 0 saturated heterocycles. The number of nitrogens with two attached hydrogens (primary N) is 1. The van der Waals surface area contributed by atoms with Crippen molar-refractivity contribution < 1.29 is 4.74 Å². The van der Waals surface area contributed by atoms with Crippen molar-refractivity contribution >= 4 is 0 Å². The van der Waals surface area contributed by atoms with Crippen LogP contribution in [0.3, 0.4) is 0 Å². The molecule has 0 radical (unpaired) electrons. The van der Waals surface area contributed by atoms with Gasteiger partial charge in [-0.2, -0.15) is 0 Å². The Kier molecular flexibility index (Phi) is 1.99. The van der Waals surface area contributed by atoms with Gasteiger partial charge in [0.15, 0.2) is 0 Å². The van der Waals surface area contributed by atoms with Crippen LogP contribution in [-0.4, -0.2) is 12.1 Å². The number of para-hydroxylation sites is 1. The van der Waals surface area contributed by atoms with Crippen molar-refractivity contribution in [3.63, 3.8) is 0 Å². The van der Waals surface area contributed by atoms with Gasteiger partial charge < -0.3 is 10.5 Å². The number of benzene rings is 1. The molecular weight excluding hydrogens is 186 g/mol. The summed E-state index contributed by atoms with van der Waals surface area (Å²) >= 11 is 0. The minimum atomic E-state index is 0.103. The summed E-state index contributed by atoms with van der Waals surface area (Å²) in [6, 6.07) is 8.35. The Morgan fingerprint density at radius 3 is 2.87 bits per heavy atom. The smallest absolute Gasteiger partial charge is 0.122 e. The first kappa shape index (κ1) is 9.22. The summed E-state index contributed by atoms with van der Waals surface area (Å²) in [5.41, 5.74) is 7.74. The molecule has 0 amide bonds. The summed E-state index contributed by atoms with van der Waals surface area (Å²) in [5.74, 6) is 1.58. The first-order valence-electron chi connectivity index (χ1n) is 5.77. The van der Waals surface area contributed by atoms with Crippen LogP contribution in [-0.2, 0) is 0 Å². The van der Waals surface area contributed by atoms with Crippen LogP contribution in [0.25, 0.3) is 0 Å². The molecule has 15 heavy (non-hydrogen) atoms. The molecule has 1 aliphatic heterocycles. The number of rotatable bonds is 2. The summed E-state index contributed by atoms with van der Waals surface area (Å²) in [5, 5.41) is 0. The van der Waals surface area contributed by atoms with Gasteiger partial charge in [0.1, 0.15) is 5.75 Å². The van der Waals surface area contributed by atoms with Gasteiger partial charge in [-0.15, -0.1) is 0 Å². The van der Waals surface area contributed by atoms with Crippen molar-refractivity contribution in [1.82, 2.24) is 0 Å². The molecular formula is C13H17NO. The van der Waals surface area contributed by atoms with Crippen LogP contribution in [0.4, 0.5) is 0 Å². The Labute approximate surface area is 90.4 Å². The largest absolute Gasteiger partial charge is 0.493 e. The SMILES string of the molecule is NC1(CC2COc3ccccc32)CCC1. The first-order valence-corrected chi connectivity index (χ1v) is 5.77. The summed E-state index contributed by atoms with van der Waals surface area (Å²) < 4.78 is 5.67. The lowest BCUT2D eigenvalue weighted by Crippen LogP contribution is -2.47. The van der Waals surface area contributed by atoms with Gasteiger partial charge in [-0.1, -0.05) is 18.2 Å². The van der Waals surface area contributed by atoms with Crippen LogP contribution >= 0.6 is 0 Å². The number of hydrogen-bond donors (Lipinski definition) is 1. The van der Waals surface area contributed by atoms with Crippen molar-refractivity contribution in [2.75, 3.05) is 6.61 Å². The van der Waals surface area contributed by atoms with Gasteiger partial charge >= 0.3 is 0 Å². The molecule has 0 aromatic heterocycles. The van der Waals surface area contributed by atoms with Crippen molar-refractivity contribution in [3.8, 4) is 5.75 Å². The first-order chi connectivity index (χ1) is 7.27. The van der Waals surface area contributed by atoms with Gasteiger partial charge in [0.25, 0.3) is 0 Å². The maximum atomic E-state index is 6.28. The van der Waals surface area contributed by atoms with Gasteiger partial charge in [-0.3, -0.25) is 0 Å². The average Bonchev–Trinajstić information content (AvgIpc) is 2.60. The molecule has 2 aliphatic rings. The highest BCUT2D eigenvalue weighted by Gasteiger charge is 2.37. The van der Waals surface area contributed by atoms with Crippen molar-refractivity contribution in [3.05, 3.63) is 29.8 Å². The molecule has 80 valence electrons. The van der Waals surface area contributed by atoms with E-state index >= 15 is 0 Å². The molecule has 0 bridgehead atoms. The Bertz CT molecular complexity index is 371. The third kappa shape index (κ3) is 1.53. The topological polar surface area (TPSA) is 35.2 Å². The molecule has 1 saturated carbocycles. The molecule has 1 fully saturated rings. The lowest BCUT2D eigenvalue weighted by Gasteiger charge is -2.39. The quantitative estimate of drug-likeness (QED) is 0.801. The monoisotopic (exact) mass is 203 g/mol. The molecule has 2 N–H and O–H groups in total. The zero-order chi connectivity index (χ0) is 10.3. The second-order valence-electron chi connectivity index (χ2n) is 4.97. The molecule has 2 heteroatoms. The predicted molar refractivity (Wildman–Crippen MR) is 60.1 cm³/mol. The van der Waals surface area contributed by atoms with Crippen molar-refractivity contribution in [2.45, 2.75) is 37.1 Å². The van der Waals surface area contributed by atoms with Gasteiger partial charge in [-0.25, -0.2) is 0 Å². The second kappa shape index (κ2) is 3.24. The van der Waals surface area contributed by atoms with E-state index in [0.717, 1.165) is 18.8 Å². The molecule has 2 nitrogen and oxygen atoms in total. The highest BCUT2D eigenvalue weighted by atomic mass is 16.5. The molecule has 0 spiro atoms. The van der Waals surface area contributed by atoms with Gasteiger partial charge in [-0.05, 0) is 31.7 Å². The highest BCUT2D eigenvalue weighted by molar-refractivity contribution is 5.39. The normalized spacial score (nSPS) is 26.6. The minimum Gasteiger partial charge on any atom is -0.493 e. The van der Waals surface area contributed by atoms with Crippen molar-refractivity contribution in [2.24, 2.45) is 5.73 Å². The van der Waals surface area contributed by atoms with Crippen LogP contribution in [0.2, 0.25) is 0 Å². The van der Waals surface area contributed by atoms with E-state index in [-0.39, 0.29) is 5.54 Å². The van der Waals surface area contributed by atoms with Gasteiger partial charge in [0.05, 0.1) is 6.61 Å². The van der Waals surface area contributed by atoms with E-state index in [4.69, 9.17) is 10.5 Å². The zero-order valence-corrected chi connectivity index (χ0v) is 8.91. The van der Waals surface area contributed by atoms with E-state index < -0.39 is 0 Å². The average molecular weight is 203 g/mol. The lowest BCUT2D eigenvalue weighted by atomic mass is 9.71. The van der Waals surface area contributed by atoms with Gasteiger partial charge in [0.2, 0.25) is 0 Å². The van der Waals surface area contributed by atoms with E-state index in [1.54, 1.807) is 0 Å². The van der Waals surface area contributed by atoms with Crippen LogP contribution in [0.15, 0.2) is 24.3 Å². The predicted octanol–water partition coefficient (Wildman–Crippen LogP) is 2.43. The molecule has 3 rings (SSSR count). The van der Waals surface area contributed by atoms with Gasteiger partial charge in [0, 0.05) is 17.0 Å². The Balaban J connectivity index is 1.79. The molecule has 1 heterocycles. The number of ether oxygens (including phenoxy) is 1. The Hall–Kier alpha value is -1.02. The summed E-state index contributed by atoms with van der Waals surface area (Å²) in [6.07, 6.45) is 4.76. The molecule has 1 atom stereocenters. The summed E-state index contributed by atoms with van der Waals surface area (Å²) in [4.78, 5) is 0. The van der Waals surface area contributed by atoms with E-state index in [9.17, 15) is 0 Å². The minimum absolute atomic E-state index is 0.103. The molecule has 1 aromatic rings. The zero-order valence-electron chi connectivity index (χ0n) is 8.91. The van der Waals surface area contributed by atoms with E-state index in [1.165, 1.54) is 24.8 Å². The van der Waals surface area contributed by atoms with Crippen LogP contribution in [0.5, 0.6) is 5.75 Å². The maximum Gasteiger partial charge on any atom is 0.122 e. The fraction of sp³-hybridized carbons (Fsp3) is 0.538. The molecule has 1 aromatic carbocycles. The molecule has 1 unspecified atom stereocenters. The Morgan fingerprint density at radius 1 is 1.33 bits per heavy atom. The van der Waals surface area contributed by atoms with E-state index in [1.807, 2.05) is 6.07 Å². The lowest BCUT2D eigenvalue weighted by molar-refractivity contribution is 0.201. The van der Waals surface area contributed by atoms with E-state index in [0.29, 0.717) is 5.92 Å². The van der Waals surface area contributed by atoms with Crippen LogP contribution in [0, 0.1) is 0 Å². The fourth-order valence-corrected chi connectivity index (χ4v) is 2.72. The number of hydrogen-bond acceptors (Lipinski definition) is 2. The number of fused-ring (bicyclic) bond motifs is 1. The third-order valence-electron chi connectivity index (χ3n) is 3.80. The van der Waals surface area contributed by atoms with Crippen molar-refractivity contribution in [1.29, 1.82) is 0 Å². The van der Waals surface area contributed by atoms with Crippen LogP contribution < -0.4 is 10.5 Å². The second-order valence-corrected chi connectivity index (χ2v) is 4.97. The fourth-order valence-electron chi connectivity index (χ4n) is 2.72. The summed E-state index contributed by atoms with van der Waals surface area (Å²) in [6.45, 7) is 0.818. The maximum absolute atomic E-state index is 6.28. The standard InChI is InChI=1S/C13H17NO/c14-13(6-3-7-13)8-10-9-15-12-5-2-1-4-11(10)12/h1-2,4-5,10H,3,6-9,14H2. The molecule has 1 aliphatic carbocycles.